The Labute approximate surface area is 102 Å². The molecule has 0 fully saturated rings. The second-order valence-electron chi connectivity index (χ2n) is 3.97. The highest BCUT2D eigenvalue weighted by molar-refractivity contribution is 5.86. The standard InChI is InChI=1S/C12H11N5O/c1-16-10(13)9-7-14-17(11(9)15-12(16)18)8-5-3-2-4-6-8/h2-7H,13H2,1H3. The van der Waals surface area contributed by atoms with Crippen molar-refractivity contribution >= 4 is 16.9 Å². The van der Waals surface area contributed by atoms with Crippen molar-refractivity contribution in [3.63, 3.8) is 0 Å². The van der Waals surface area contributed by atoms with Crippen molar-refractivity contribution in [2.24, 2.45) is 7.05 Å². The Morgan fingerprint density at radius 1 is 1.22 bits per heavy atom. The second kappa shape index (κ2) is 3.69. The molecule has 0 bridgehead atoms. The van der Waals surface area contributed by atoms with Crippen LogP contribution in [0.15, 0.2) is 41.3 Å². The van der Waals surface area contributed by atoms with Crippen LogP contribution in [0.25, 0.3) is 16.7 Å². The van der Waals surface area contributed by atoms with Crippen LogP contribution in [0.2, 0.25) is 0 Å². The lowest BCUT2D eigenvalue weighted by Gasteiger charge is -2.05. The Morgan fingerprint density at radius 2 is 1.94 bits per heavy atom. The molecule has 3 rings (SSSR count). The van der Waals surface area contributed by atoms with E-state index in [4.69, 9.17) is 5.73 Å². The van der Waals surface area contributed by atoms with Gasteiger partial charge in [-0.3, -0.25) is 4.57 Å². The lowest BCUT2D eigenvalue weighted by atomic mass is 10.3. The van der Waals surface area contributed by atoms with Crippen LogP contribution in [0.3, 0.4) is 0 Å². The van der Waals surface area contributed by atoms with E-state index < -0.39 is 5.69 Å². The molecule has 0 aliphatic carbocycles. The van der Waals surface area contributed by atoms with E-state index in [9.17, 15) is 4.79 Å². The minimum Gasteiger partial charge on any atom is -0.384 e. The van der Waals surface area contributed by atoms with Crippen LogP contribution < -0.4 is 11.4 Å². The van der Waals surface area contributed by atoms with Crippen molar-refractivity contribution in [1.29, 1.82) is 0 Å². The normalized spacial score (nSPS) is 10.9. The molecule has 3 aromatic rings. The van der Waals surface area contributed by atoms with Gasteiger partial charge in [0.2, 0.25) is 0 Å². The number of benzene rings is 1. The summed E-state index contributed by atoms with van der Waals surface area (Å²) in [6, 6.07) is 9.49. The van der Waals surface area contributed by atoms with Gasteiger partial charge in [0, 0.05) is 7.05 Å². The minimum absolute atomic E-state index is 0.368. The number of aromatic nitrogens is 4. The number of hydrogen-bond donors (Lipinski definition) is 1. The lowest BCUT2D eigenvalue weighted by Crippen LogP contribution is -2.23. The van der Waals surface area contributed by atoms with E-state index in [0.29, 0.717) is 16.9 Å². The van der Waals surface area contributed by atoms with Crippen molar-refractivity contribution < 1.29 is 0 Å². The van der Waals surface area contributed by atoms with Gasteiger partial charge in [0.05, 0.1) is 17.3 Å². The van der Waals surface area contributed by atoms with Gasteiger partial charge in [-0.25, -0.2) is 9.48 Å². The first-order valence-corrected chi connectivity index (χ1v) is 5.44. The Kier molecular flexibility index (Phi) is 2.16. The first-order valence-electron chi connectivity index (χ1n) is 5.44. The molecule has 0 aliphatic heterocycles. The summed E-state index contributed by atoms with van der Waals surface area (Å²) < 4.78 is 2.91. The van der Waals surface area contributed by atoms with E-state index >= 15 is 0 Å². The fraction of sp³-hybridized carbons (Fsp3) is 0.0833. The second-order valence-corrected chi connectivity index (χ2v) is 3.97. The minimum atomic E-state index is -0.391. The number of fused-ring (bicyclic) bond motifs is 1. The van der Waals surface area contributed by atoms with E-state index in [0.717, 1.165) is 5.69 Å². The van der Waals surface area contributed by atoms with Crippen LogP contribution in [0.5, 0.6) is 0 Å². The molecule has 0 spiro atoms. The van der Waals surface area contributed by atoms with Gasteiger partial charge in [-0.15, -0.1) is 0 Å². The summed E-state index contributed by atoms with van der Waals surface area (Å²) >= 11 is 0. The molecule has 2 aromatic heterocycles. The van der Waals surface area contributed by atoms with Gasteiger partial charge in [0.1, 0.15) is 5.82 Å². The van der Waals surface area contributed by atoms with Gasteiger partial charge in [-0.2, -0.15) is 10.1 Å². The maximum atomic E-state index is 11.7. The highest BCUT2D eigenvalue weighted by Gasteiger charge is 2.12. The number of nitrogens with two attached hydrogens (primary N) is 1. The largest absolute Gasteiger partial charge is 0.384 e. The molecule has 90 valence electrons. The third kappa shape index (κ3) is 1.39. The zero-order chi connectivity index (χ0) is 12.7. The summed E-state index contributed by atoms with van der Waals surface area (Å²) in [5, 5.41) is 4.90. The average molecular weight is 241 g/mol. The smallest absolute Gasteiger partial charge is 0.350 e. The molecule has 6 heteroatoms. The van der Waals surface area contributed by atoms with E-state index in [-0.39, 0.29) is 0 Å². The number of hydrogen-bond acceptors (Lipinski definition) is 4. The predicted molar refractivity (Wildman–Crippen MR) is 68.5 cm³/mol. The lowest BCUT2D eigenvalue weighted by molar-refractivity contribution is 0.824. The van der Waals surface area contributed by atoms with E-state index in [1.165, 1.54) is 4.57 Å². The number of anilines is 1. The Hall–Kier alpha value is -2.63. The van der Waals surface area contributed by atoms with E-state index in [1.807, 2.05) is 30.3 Å². The maximum absolute atomic E-state index is 11.7. The molecule has 2 heterocycles. The molecule has 6 nitrogen and oxygen atoms in total. The molecule has 0 atom stereocenters. The predicted octanol–water partition coefficient (Wildman–Crippen LogP) is 0.701. The van der Waals surface area contributed by atoms with Crippen molar-refractivity contribution in [3.8, 4) is 5.69 Å². The average Bonchev–Trinajstić information content (AvgIpc) is 2.81. The zero-order valence-corrected chi connectivity index (χ0v) is 9.74. The highest BCUT2D eigenvalue weighted by Crippen LogP contribution is 2.19. The molecule has 0 saturated heterocycles. The number of para-hydroxylation sites is 1. The van der Waals surface area contributed by atoms with Crippen molar-refractivity contribution in [3.05, 3.63) is 47.0 Å². The molecule has 0 radical (unpaired) electrons. The Balaban J connectivity index is 2.38. The van der Waals surface area contributed by atoms with Gasteiger partial charge >= 0.3 is 5.69 Å². The summed E-state index contributed by atoms with van der Waals surface area (Å²) in [6.07, 6.45) is 1.62. The molecule has 0 aliphatic rings. The third-order valence-electron chi connectivity index (χ3n) is 2.87. The first kappa shape index (κ1) is 10.5. The van der Waals surface area contributed by atoms with Crippen LogP contribution in [0.1, 0.15) is 0 Å². The zero-order valence-electron chi connectivity index (χ0n) is 9.74. The fourth-order valence-electron chi connectivity index (χ4n) is 1.84. The summed E-state index contributed by atoms with van der Waals surface area (Å²) in [4.78, 5) is 15.7. The van der Waals surface area contributed by atoms with Gasteiger partial charge in [0.15, 0.2) is 5.65 Å². The first-order chi connectivity index (χ1) is 8.68. The maximum Gasteiger partial charge on any atom is 0.350 e. The SMILES string of the molecule is Cn1c(N)c2cnn(-c3ccccc3)c2nc1=O. The van der Waals surface area contributed by atoms with Gasteiger partial charge < -0.3 is 5.73 Å². The topological polar surface area (TPSA) is 78.7 Å². The summed E-state index contributed by atoms with van der Waals surface area (Å²) in [5.74, 6) is 0.368. The molecule has 0 unspecified atom stereocenters. The Morgan fingerprint density at radius 3 is 2.67 bits per heavy atom. The molecule has 0 saturated carbocycles. The third-order valence-corrected chi connectivity index (χ3v) is 2.87. The van der Waals surface area contributed by atoms with Gasteiger partial charge in [-0.1, -0.05) is 18.2 Å². The van der Waals surface area contributed by atoms with Gasteiger partial charge in [0.25, 0.3) is 0 Å². The highest BCUT2D eigenvalue weighted by atomic mass is 16.1. The quantitative estimate of drug-likeness (QED) is 0.680. The summed E-state index contributed by atoms with van der Waals surface area (Å²) in [5.41, 5.74) is 6.80. The van der Waals surface area contributed by atoms with Gasteiger partial charge in [-0.05, 0) is 12.1 Å². The fourth-order valence-corrected chi connectivity index (χ4v) is 1.84. The number of nitrogens with zero attached hydrogens (tertiary/aromatic N) is 4. The van der Waals surface area contributed by atoms with Crippen LogP contribution in [-0.2, 0) is 7.05 Å². The van der Waals surface area contributed by atoms with E-state index in [2.05, 4.69) is 10.1 Å². The molecule has 0 amide bonds. The Bertz CT molecular complexity index is 772. The molecule has 18 heavy (non-hydrogen) atoms. The summed E-state index contributed by atoms with van der Waals surface area (Å²) in [7, 11) is 1.59. The molecular weight excluding hydrogens is 230 g/mol. The monoisotopic (exact) mass is 241 g/mol. The van der Waals surface area contributed by atoms with Crippen LogP contribution in [0, 0.1) is 0 Å². The molecule has 2 N–H and O–H groups in total. The van der Waals surface area contributed by atoms with E-state index in [1.54, 1.807) is 17.9 Å². The van der Waals surface area contributed by atoms with Crippen LogP contribution in [0.4, 0.5) is 5.82 Å². The number of nitrogen functional groups attached to an aromatic ring is 1. The molecule has 1 aromatic carbocycles. The van der Waals surface area contributed by atoms with Crippen LogP contribution in [-0.4, -0.2) is 19.3 Å². The van der Waals surface area contributed by atoms with Crippen LogP contribution >= 0.6 is 0 Å². The number of rotatable bonds is 1. The van der Waals surface area contributed by atoms with Crippen molar-refractivity contribution in [2.75, 3.05) is 5.73 Å². The summed E-state index contributed by atoms with van der Waals surface area (Å²) in [6.45, 7) is 0. The van der Waals surface area contributed by atoms with Crippen molar-refractivity contribution in [1.82, 2.24) is 19.3 Å². The van der Waals surface area contributed by atoms with Crippen molar-refractivity contribution in [2.45, 2.75) is 0 Å². The molecular formula is C12H11N5O.